The van der Waals surface area contributed by atoms with Crippen molar-refractivity contribution in [3.63, 3.8) is 0 Å². The van der Waals surface area contributed by atoms with Crippen molar-refractivity contribution in [2.75, 3.05) is 0 Å². The molecular formula is C13H16O2. The molecule has 0 fully saturated rings. The van der Waals surface area contributed by atoms with Crippen molar-refractivity contribution in [2.24, 2.45) is 0 Å². The van der Waals surface area contributed by atoms with Gasteiger partial charge in [-0.3, -0.25) is 4.79 Å². The average Bonchev–Trinajstić information content (AvgIpc) is 2.15. The van der Waals surface area contributed by atoms with E-state index in [4.69, 9.17) is 0 Å². The molecule has 1 aromatic rings. The van der Waals surface area contributed by atoms with E-state index in [2.05, 4.69) is 0 Å². The van der Waals surface area contributed by atoms with Crippen molar-refractivity contribution in [1.82, 2.24) is 0 Å². The summed E-state index contributed by atoms with van der Waals surface area (Å²) < 4.78 is 0. The maximum absolute atomic E-state index is 10.5. The first-order chi connectivity index (χ1) is 7.02. The highest BCUT2D eigenvalue weighted by atomic mass is 16.1. The number of ketones is 2. The lowest BCUT2D eigenvalue weighted by Crippen LogP contribution is -1.79. The largest absolute Gasteiger partial charge is 0.300 e. The van der Waals surface area contributed by atoms with Crippen LogP contribution in [0.5, 0.6) is 0 Å². The van der Waals surface area contributed by atoms with Crippen LogP contribution in [-0.4, -0.2) is 11.6 Å². The number of benzene rings is 1. The number of hydrogen-bond donors (Lipinski definition) is 0. The first-order valence-electron chi connectivity index (χ1n) is 4.73. The summed E-state index contributed by atoms with van der Waals surface area (Å²) in [5.41, 5.74) is 1.06. The Bertz CT molecular complexity index is 333. The van der Waals surface area contributed by atoms with Crippen LogP contribution in [0.1, 0.15) is 26.3 Å². The fourth-order valence-corrected chi connectivity index (χ4v) is 0.778. The molecule has 1 aromatic carbocycles. The van der Waals surface area contributed by atoms with E-state index >= 15 is 0 Å². The number of carbonyl (C=O) groups is 2. The minimum atomic E-state index is 0.0776. The minimum absolute atomic E-state index is 0.0776. The Hall–Kier alpha value is -1.70. The highest BCUT2D eigenvalue weighted by molar-refractivity contribution is 5.91. The number of allylic oxidation sites excluding steroid dienone is 1. The van der Waals surface area contributed by atoms with Crippen LogP contribution in [0.4, 0.5) is 0 Å². The lowest BCUT2D eigenvalue weighted by molar-refractivity contribution is -0.115. The molecule has 2 heteroatoms. The third kappa shape index (κ3) is 10.2. The van der Waals surface area contributed by atoms with Crippen LogP contribution in [0.2, 0.25) is 0 Å². The molecule has 0 saturated heterocycles. The normalized spacial score (nSPS) is 9.27. The summed E-state index contributed by atoms with van der Waals surface area (Å²) in [6, 6.07) is 9.75. The molecule has 80 valence electrons. The van der Waals surface area contributed by atoms with Gasteiger partial charge in [0.1, 0.15) is 5.78 Å². The summed E-state index contributed by atoms with van der Waals surface area (Å²) in [4.78, 5) is 20.0. The summed E-state index contributed by atoms with van der Waals surface area (Å²) in [5.74, 6) is 0.244. The summed E-state index contributed by atoms with van der Waals surface area (Å²) in [6.07, 6.45) is 3.37. The maximum Gasteiger partial charge on any atom is 0.152 e. The van der Waals surface area contributed by atoms with Crippen molar-refractivity contribution < 1.29 is 9.59 Å². The summed E-state index contributed by atoms with van der Waals surface area (Å²) in [7, 11) is 0. The van der Waals surface area contributed by atoms with Gasteiger partial charge in [0.15, 0.2) is 5.78 Å². The van der Waals surface area contributed by atoms with E-state index in [1.807, 2.05) is 36.4 Å². The first kappa shape index (κ1) is 13.3. The lowest BCUT2D eigenvalue weighted by Gasteiger charge is -1.88. The molecular weight excluding hydrogens is 188 g/mol. The minimum Gasteiger partial charge on any atom is -0.300 e. The molecule has 0 amide bonds. The van der Waals surface area contributed by atoms with E-state index in [9.17, 15) is 9.59 Å². The molecule has 0 saturated carbocycles. The van der Waals surface area contributed by atoms with Gasteiger partial charge in [0.05, 0.1) is 0 Å². The third-order valence-corrected chi connectivity index (χ3v) is 1.31. The van der Waals surface area contributed by atoms with Gasteiger partial charge in [-0.25, -0.2) is 0 Å². The van der Waals surface area contributed by atoms with E-state index in [1.165, 1.54) is 13.8 Å². The molecule has 0 spiro atoms. The highest BCUT2D eigenvalue weighted by Crippen LogP contribution is 2.00. The average molecular weight is 204 g/mol. The Morgan fingerprint density at radius 1 is 1.00 bits per heavy atom. The molecule has 1 rings (SSSR count). The van der Waals surface area contributed by atoms with Gasteiger partial charge in [-0.1, -0.05) is 36.4 Å². The van der Waals surface area contributed by atoms with Gasteiger partial charge >= 0.3 is 0 Å². The topological polar surface area (TPSA) is 34.1 Å². The quantitative estimate of drug-likeness (QED) is 0.694. The molecule has 0 aliphatic rings. The molecule has 0 aromatic heterocycles. The molecule has 15 heavy (non-hydrogen) atoms. The van der Waals surface area contributed by atoms with Gasteiger partial charge in [0, 0.05) is 0 Å². The van der Waals surface area contributed by atoms with Crippen molar-refractivity contribution in [3.8, 4) is 0 Å². The zero-order valence-corrected chi connectivity index (χ0v) is 9.36. The van der Waals surface area contributed by atoms with Gasteiger partial charge in [0.2, 0.25) is 0 Å². The van der Waals surface area contributed by atoms with E-state index in [0.29, 0.717) is 0 Å². The predicted molar refractivity (Wildman–Crippen MR) is 62.5 cm³/mol. The van der Waals surface area contributed by atoms with Gasteiger partial charge in [-0.2, -0.15) is 0 Å². The second kappa shape index (κ2) is 7.68. The standard InChI is InChI=1S/C10H10O.C3H6O/c1-9(11)7-8-10-5-3-2-4-6-10;1-3(2)4/h2-8H,1H3;1-2H3. The Morgan fingerprint density at radius 3 is 1.87 bits per heavy atom. The van der Waals surface area contributed by atoms with E-state index in [-0.39, 0.29) is 11.6 Å². The van der Waals surface area contributed by atoms with Crippen LogP contribution in [-0.2, 0) is 9.59 Å². The zero-order chi connectivity index (χ0) is 11.7. The zero-order valence-electron chi connectivity index (χ0n) is 9.36. The van der Waals surface area contributed by atoms with E-state index < -0.39 is 0 Å². The molecule has 0 bridgehead atoms. The highest BCUT2D eigenvalue weighted by Gasteiger charge is 1.83. The number of Topliss-reactive ketones (excluding diaryl/α,β-unsaturated/α-hetero) is 1. The van der Waals surface area contributed by atoms with Crippen LogP contribution < -0.4 is 0 Å². The second-order valence-corrected chi connectivity index (χ2v) is 3.26. The van der Waals surface area contributed by atoms with Crippen LogP contribution in [0.25, 0.3) is 6.08 Å². The number of carbonyl (C=O) groups excluding carboxylic acids is 2. The third-order valence-electron chi connectivity index (χ3n) is 1.31. The van der Waals surface area contributed by atoms with Crippen LogP contribution in [0, 0.1) is 0 Å². The Morgan fingerprint density at radius 2 is 1.47 bits per heavy atom. The fourth-order valence-electron chi connectivity index (χ4n) is 0.778. The smallest absolute Gasteiger partial charge is 0.152 e. The van der Waals surface area contributed by atoms with Gasteiger partial charge in [-0.15, -0.1) is 0 Å². The first-order valence-corrected chi connectivity index (χ1v) is 4.73. The fraction of sp³-hybridized carbons (Fsp3) is 0.231. The molecule has 0 aliphatic carbocycles. The van der Waals surface area contributed by atoms with E-state index in [0.717, 1.165) is 5.56 Å². The molecule has 0 radical (unpaired) electrons. The SMILES string of the molecule is CC(=O)C=Cc1ccccc1.CC(C)=O. The van der Waals surface area contributed by atoms with Gasteiger partial charge in [-0.05, 0) is 32.4 Å². The second-order valence-electron chi connectivity index (χ2n) is 3.26. The Labute approximate surface area is 90.6 Å². The van der Waals surface area contributed by atoms with E-state index in [1.54, 1.807) is 13.0 Å². The van der Waals surface area contributed by atoms with Gasteiger partial charge < -0.3 is 4.79 Å². The molecule has 2 nitrogen and oxygen atoms in total. The molecule has 0 N–H and O–H groups in total. The van der Waals surface area contributed by atoms with Crippen LogP contribution in [0.3, 0.4) is 0 Å². The molecule has 0 heterocycles. The van der Waals surface area contributed by atoms with Crippen LogP contribution >= 0.6 is 0 Å². The summed E-state index contributed by atoms with van der Waals surface area (Å²) in [6.45, 7) is 4.60. The van der Waals surface area contributed by atoms with Gasteiger partial charge in [0.25, 0.3) is 0 Å². The Kier molecular flexibility index (Phi) is 6.81. The summed E-state index contributed by atoms with van der Waals surface area (Å²) in [5, 5.41) is 0. The van der Waals surface area contributed by atoms with Crippen molar-refractivity contribution in [2.45, 2.75) is 20.8 Å². The molecule has 0 aliphatic heterocycles. The molecule has 0 unspecified atom stereocenters. The predicted octanol–water partition coefficient (Wildman–Crippen LogP) is 2.88. The van der Waals surface area contributed by atoms with Crippen LogP contribution in [0.15, 0.2) is 36.4 Å². The Balaban J connectivity index is 0.000000423. The number of rotatable bonds is 2. The summed E-state index contributed by atoms with van der Waals surface area (Å²) >= 11 is 0. The van der Waals surface area contributed by atoms with Crippen molar-refractivity contribution >= 4 is 17.6 Å². The number of hydrogen-bond acceptors (Lipinski definition) is 2. The van der Waals surface area contributed by atoms with Crippen molar-refractivity contribution in [3.05, 3.63) is 42.0 Å². The van der Waals surface area contributed by atoms with Crippen molar-refractivity contribution in [1.29, 1.82) is 0 Å². The lowest BCUT2D eigenvalue weighted by atomic mass is 10.2. The maximum atomic E-state index is 10.5. The molecule has 0 atom stereocenters. The monoisotopic (exact) mass is 204 g/mol.